The van der Waals surface area contributed by atoms with Crippen LogP contribution in [0, 0.1) is 0 Å². The predicted molar refractivity (Wildman–Crippen MR) is 61.1 cm³/mol. The van der Waals surface area contributed by atoms with Crippen molar-refractivity contribution in [2.75, 3.05) is 19.8 Å². The van der Waals surface area contributed by atoms with Crippen molar-refractivity contribution in [3.8, 4) is 0 Å². The van der Waals surface area contributed by atoms with Crippen LogP contribution in [0.5, 0.6) is 0 Å². The average molecular weight is 281 g/mol. The summed E-state index contributed by atoms with van der Waals surface area (Å²) in [5.74, 6) is 0. The van der Waals surface area contributed by atoms with Crippen LogP contribution in [0.1, 0.15) is 0 Å². The molecule has 0 aromatic rings. The molecular formula is C9H15O3PSe. The molecule has 0 amide bonds. The number of rotatable bonds is 9. The fraction of sp³-hybridized carbons (Fsp3) is 0.333. The molecule has 0 saturated heterocycles. The third-order valence-corrected chi connectivity index (χ3v) is 4.44. The second-order valence-electron chi connectivity index (χ2n) is 2.20. The molecule has 0 bridgehead atoms. The van der Waals surface area contributed by atoms with Crippen molar-refractivity contribution in [3.63, 3.8) is 0 Å². The third kappa shape index (κ3) is 6.50. The van der Waals surface area contributed by atoms with Gasteiger partial charge in [-0.1, -0.05) is 0 Å². The first-order valence-corrected chi connectivity index (χ1v) is 7.80. The van der Waals surface area contributed by atoms with Crippen molar-refractivity contribution in [3.05, 3.63) is 38.0 Å². The Morgan fingerprint density at radius 3 is 1.36 bits per heavy atom. The Labute approximate surface area is 92.9 Å². The van der Waals surface area contributed by atoms with E-state index in [-0.39, 0.29) is 0 Å². The SMILES string of the molecule is C=CCOP(=[Se])(OCC=C)OCC=C. The quantitative estimate of drug-likeness (QED) is 0.369. The minimum absolute atomic E-state index is 0.384. The van der Waals surface area contributed by atoms with Gasteiger partial charge in [0.1, 0.15) is 0 Å². The maximum atomic E-state index is 5.38. The summed E-state index contributed by atoms with van der Waals surface area (Å²) in [6.07, 6.45) is 2.56. The van der Waals surface area contributed by atoms with Gasteiger partial charge in [-0.2, -0.15) is 0 Å². The van der Waals surface area contributed by atoms with Gasteiger partial charge < -0.3 is 0 Å². The first kappa shape index (κ1) is 14.0. The van der Waals surface area contributed by atoms with E-state index in [4.69, 9.17) is 13.6 Å². The molecule has 80 valence electrons. The van der Waals surface area contributed by atoms with Gasteiger partial charge in [0.25, 0.3) is 0 Å². The second kappa shape index (κ2) is 8.37. The van der Waals surface area contributed by atoms with Gasteiger partial charge in [-0.15, -0.1) is 0 Å². The molecule has 0 aromatic heterocycles. The second-order valence-corrected chi connectivity index (χ2v) is 6.68. The van der Waals surface area contributed by atoms with E-state index < -0.39 is 6.19 Å². The number of hydrogen-bond donors (Lipinski definition) is 0. The zero-order chi connectivity index (χ0) is 10.9. The van der Waals surface area contributed by atoms with E-state index in [9.17, 15) is 0 Å². The first-order chi connectivity index (χ1) is 6.68. The van der Waals surface area contributed by atoms with E-state index in [0.717, 1.165) is 0 Å². The Hall–Kier alpha value is 0.0495. The van der Waals surface area contributed by atoms with Gasteiger partial charge in [-0.05, 0) is 0 Å². The molecule has 0 radical (unpaired) electrons. The average Bonchev–Trinajstić information content (AvgIpc) is 2.21. The van der Waals surface area contributed by atoms with Crippen LogP contribution in [0.4, 0.5) is 0 Å². The van der Waals surface area contributed by atoms with Crippen molar-refractivity contribution in [1.82, 2.24) is 0 Å². The summed E-state index contributed by atoms with van der Waals surface area (Å²) in [6, 6.07) is 0. The molecule has 0 aromatic carbocycles. The van der Waals surface area contributed by atoms with Crippen LogP contribution in [0.2, 0.25) is 0 Å². The summed E-state index contributed by atoms with van der Waals surface area (Å²) in [5.41, 5.74) is 0. The van der Waals surface area contributed by atoms with E-state index >= 15 is 0 Å². The molecule has 0 atom stereocenters. The zero-order valence-corrected chi connectivity index (χ0v) is 10.7. The van der Waals surface area contributed by atoms with Gasteiger partial charge in [-0.3, -0.25) is 0 Å². The summed E-state index contributed by atoms with van der Waals surface area (Å²) in [7, 11) is 0. The molecule has 5 heteroatoms. The summed E-state index contributed by atoms with van der Waals surface area (Å²) in [4.78, 5) is 0. The van der Waals surface area contributed by atoms with E-state index in [1.165, 1.54) is 0 Å². The Balaban J connectivity index is 4.15. The standard InChI is InChI=1S/C9H15O3PSe/c1-4-7-10-13(14,11-8-5-2)12-9-6-3/h4-6H,1-3,7-9H2. The first-order valence-electron chi connectivity index (χ1n) is 4.05. The van der Waals surface area contributed by atoms with Crippen molar-refractivity contribution in [1.29, 1.82) is 0 Å². The maximum absolute atomic E-state index is 5.38. The molecule has 0 rings (SSSR count). The van der Waals surface area contributed by atoms with Crippen LogP contribution in [-0.2, 0) is 13.6 Å². The van der Waals surface area contributed by atoms with Crippen molar-refractivity contribution in [2.24, 2.45) is 0 Å². The normalized spacial score (nSPS) is 10.9. The van der Waals surface area contributed by atoms with Gasteiger partial charge in [0, 0.05) is 0 Å². The predicted octanol–water partition coefficient (Wildman–Crippen LogP) is 2.44. The monoisotopic (exact) mass is 282 g/mol. The number of hydrogen-bond acceptors (Lipinski definition) is 3. The fourth-order valence-corrected chi connectivity index (χ4v) is 2.78. The summed E-state index contributed by atoms with van der Waals surface area (Å²) >= 11 is 2.80. The summed E-state index contributed by atoms with van der Waals surface area (Å²) in [5, 5.41) is 0. The molecule has 3 nitrogen and oxygen atoms in total. The molecule has 0 saturated carbocycles. The topological polar surface area (TPSA) is 27.7 Å². The molecule has 0 aliphatic rings. The van der Waals surface area contributed by atoms with Crippen LogP contribution in [0.3, 0.4) is 0 Å². The third-order valence-electron chi connectivity index (χ3n) is 1.05. The van der Waals surface area contributed by atoms with Crippen LogP contribution < -0.4 is 0 Å². The molecule has 0 fully saturated rings. The Kier molecular flexibility index (Phi) is 8.39. The van der Waals surface area contributed by atoms with E-state index in [0.29, 0.717) is 19.8 Å². The van der Waals surface area contributed by atoms with E-state index in [1.807, 2.05) is 0 Å². The van der Waals surface area contributed by atoms with Crippen molar-refractivity contribution in [2.45, 2.75) is 0 Å². The molecule has 0 spiro atoms. The molecule has 0 unspecified atom stereocenters. The van der Waals surface area contributed by atoms with Crippen LogP contribution in [0.25, 0.3) is 0 Å². The summed E-state index contributed by atoms with van der Waals surface area (Å²) in [6.45, 7) is 11.8. The van der Waals surface area contributed by atoms with E-state index in [2.05, 4.69) is 34.8 Å². The van der Waals surface area contributed by atoms with E-state index in [1.54, 1.807) is 18.2 Å². The van der Waals surface area contributed by atoms with Gasteiger partial charge in [0.15, 0.2) is 0 Å². The van der Waals surface area contributed by atoms with Crippen LogP contribution >= 0.6 is 6.19 Å². The van der Waals surface area contributed by atoms with Gasteiger partial charge in [-0.25, -0.2) is 0 Å². The molecule has 0 aliphatic heterocycles. The Morgan fingerprint density at radius 2 is 1.14 bits per heavy atom. The summed E-state index contributed by atoms with van der Waals surface area (Å²) < 4.78 is 16.1. The Morgan fingerprint density at radius 1 is 0.857 bits per heavy atom. The van der Waals surface area contributed by atoms with Crippen molar-refractivity contribution >= 4 is 21.3 Å². The van der Waals surface area contributed by atoms with Crippen LogP contribution in [-0.4, -0.2) is 34.9 Å². The molecule has 0 N–H and O–H groups in total. The van der Waals surface area contributed by atoms with Gasteiger partial charge in [0.2, 0.25) is 0 Å². The zero-order valence-electron chi connectivity index (χ0n) is 8.05. The van der Waals surface area contributed by atoms with Gasteiger partial charge >= 0.3 is 92.6 Å². The Bertz CT molecular complexity index is 202. The fourth-order valence-electron chi connectivity index (χ4n) is 0.544. The van der Waals surface area contributed by atoms with Crippen molar-refractivity contribution < 1.29 is 13.6 Å². The molecule has 0 heterocycles. The van der Waals surface area contributed by atoms with Gasteiger partial charge in [0.05, 0.1) is 0 Å². The molecular weight excluding hydrogens is 266 g/mol. The molecule has 0 aliphatic carbocycles. The minimum atomic E-state index is -2.36. The molecule has 14 heavy (non-hydrogen) atoms. The van der Waals surface area contributed by atoms with Crippen LogP contribution in [0.15, 0.2) is 38.0 Å².